The average molecular weight is 483 g/mol. The lowest BCUT2D eigenvalue weighted by atomic mass is 10.0. The van der Waals surface area contributed by atoms with Gasteiger partial charge in [0.1, 0.15) is 12.6 Å². The van der Waals surface area contributed by atoms with Gasteiger partial charge in [-0.05, 0) is 55.4 Å². The molecule has 188 valence electrons. The maximum Gasteiger partial charge on any atom is 0.410 e. The topological polar surface area (TPSA) is 77.5 Å². The van der Waals surface area contributed by atoms with E-state index in [1.807, 2.05) is 47.4 Å². The molecule has 0 bridgehead atoms. The summed E-state index contributed by atoms with van der Waals surface area (Å²) >= 11 is 0. The van der Waals surface area contributed by atoms with Crippen molar-refractivity contribution in [2.45, 2.75) is 50.8 Å². The van der Waals surface area contributed by atoms with Crippen molar-refractivity contribution in [3.8, 4) is 17.2 Å². The van der Waals surface area contributed by atoms with Crippen LogP contribution < -0.4 is 14.2 Å². The highest BCUT2D eigenvalue weighted by Gasteiger charge is 2.40. The summed E-state index contributed by atoms with van der Waals surface area (Å²) in [6, 6.07) is 13.0. The fourth-order valence-electron chi connectivity index (χ4n) is 5.10. The summed E-state index contributed by atoms with van der Waals surface area (Å²) in [5.74, 6) is 1.75. The first-order valence-electron chi connectivity index (χ1n) is 12.1. The summed E-state index contributed by atoms with van der Waals surface area (Å²) in [6.07, 6.45) is 3.55. The smallest absolute Gasteiger partial charge is 0.410 e. The number of hydrogen-bond acceptors (Lipinski definition) is 6. The molecule has 0 saturated carbocycles. The van der Waals surface area contributed by atoms with E-state index in [-0.39, 0.29) is 18.6 Å². The van der Waals surface area contributed by atoms with Gasteiger partial charge < -0.3 is 23.8 Å². The molecule has 2 amide bonds. The van der Waals surface area contributed by atoms with Gasteiger partial charge in [0.05, 0.1) is 21.3 Å². The highest BCUT2D eigenvalue weighted by Crippen LogP contribution is 2.39. The number of rotatable bonds is 8. The highest BCUT2D eigenvalue weighted by molar-refractivity contribution is 5.86. The van der Waals surface area contributed by atoms with E-state index in [0.29, 0.717) is 43.2 Å². The van der Waals surface area contributed by atoms with Crippen LogP contribution in [0.2, 0.25) is 0 Å². The molecule has 1 unspecified atom stereocenters. The van der Waals surface area contributed by atoms with Gasteiger partial charge in [0.2, 0.25) is 11.7 Å². The Hall–Kier alpha value is -3.42. The monoisotopic (exact) mass is 482 g/mol. The van der Waals surface area contributed by atoms with Gasteiger partial charge in [0.25, 0.3) is 0 Å². The Kier molecular flexibility index (Phi) is 8.00. The van der Waals surface area contributed by atoms with Crippen molar-refractivity contribution in [1.82, 2.24) is 9.80 Å². The molecule has 2 saturated heterocycles. The predicted octanol–water partition coefficient (Wildman–Crippen LogP) is 4.05. The van der Waals surface area contributed by atoms with Crippen LogP contribution in [0.1, 0.15) is 36.8 Å². The lowest BCUT2D eigenvalue weighted by Gasteiger charge is -2.31. The van der Waals surface area contributed by atoms with Gasteiger partial charge in [-0.1, -0.05) is 30.3 Å². The Morgan fingerprint density at radius 2 is 1.51 bits per heavy atom. The summed E-state index contributed by atoms with van der Waals surface area (Å²) in [5.41, 5.74) is 1.93. The van der Waals surface area contributed by atoms with Gasteiger partial charge in [0, 0.05) is 19.1 Å². The van der Waals surface area contributed by atoms with E-state index < -0.39 is 12.1 Å². The molecular formula is C27H34N2O6. The number of hydrogen-bond donors (Lipinski definition) is 0. The molecule has 0 N–H and O–H groups in total. The van der Waals surface area contributed by atoms with Crippen molar-refractivity contribution >= 4 is 12.0 Å². The molecule has 2 aliphatic heterocycles. The number of methoxy groups -OCH3 is 3. The van der Waals surface area contributed by atoms with Crippen molar-refractivity contribution in [1.29, 1.82) is 0 Å². The second-order valence-electron chi connectivity index (χ2n) is 8.96. The third-order valence-electron chi connectivity index (χ3n) is 6.83. The molecule has 2 aromatic carbocycles. The van der Waals surface area contributed by atoms with Crippen molar-refractivity contribution in [2.24, 2.45) is 0 Å². The molecule has 8 nitrogen and oxygen atoms in total. The first kappa shape index (κ1) is 24.7. The van der Waals surface area contributed by atoms with E-state index in [0.717, 1.165) is 30.4 Å². The van der Waals surface area contributed by atoms with Crippen LogP contribution in [0, 0.1) is 0 Å². The zero-order chi connectivity index (χ0) is 24.8. The van der Waals surface area contributed by atoms with Crippen LogP contribution in [0.5, 0.6) is 17.2 Å². The van der Waals surface area contributed by atoms with E-state index in [9.17, 15) is 9.59 Å². The van der Waals surface area contributed by atoms with Crippen molar-refractivity contribution in [3.63, 3.8) is 0 Å². The van der Waals surface area contributed by atoms with Crippen LogP contribution in [0.3, 0.4) is 0 Å². The molecule has 0 aliphatic carbocycles. The number of nitrogens with zero attached hydrogens (tertiary/aromatic N) is 2. The zero-order valence-corrected chi connectivity index (χ0v) is 20.7. The summed E-state index contributed by atoms with van der Waals surface area (Å²) < 4.78 is 21.9. The van der Waals surface area contributed by atoms with Crippen LogP contribution in [0.25, 0.3) is 0 Å². The molecule has 0 aromatic heterocycles. The Morgan fingerprint density at radius 3 is 2.17 bits per heavy atom. The minimum atomic E-state index is -0.473. The van der Waals surface area contributed by atoms with Crippen LogP contribution in [0.15, 0.2) is 42.5 Å². The first-order chi connectivity index (χ1) is 17.0. The van der Waals surface area contributed by atoms with Crippen LogP contribution in [0.4, 0.5) is 4.79 Å². The van der Waals surface area contributed by atoms with E-state index in [1.54, 1.807) is 26.2 Å². The third kappa shape index (κ3) is 5.47. The minimum Gasteiger partial charge on any atom is -0.493 e. The molecule has 2 fully saturated rings. The second kappa shape index (κ2) is 11.3. The zero-order valence-electron chi connectivity index (χ0n) is 20.7. The highest BCUT2D eigenvalue weighted by atomic mass is 16.6. The quantitative estimate of drug-likeness (QED) is 0.565. The van der Waals surface area contributed by atoms with Gasteiger partial charge in [0.15, 0.2) is 11.5 Å². The number of carbonyl (C=O) groups is 2. The number of ether oxygens (including phenoxy) is 4. The Labute approximate surface area is 206 Å². The normalized spacial score (nSPS) is 19.5. The second-order valence-corrected chi connectivity index (χ2v) is 8.96. The summed E-state index contributed by atoms with van der Waals surface area (Å²) in [7, 11) is 4.77. The molecule has 4 rings (SSSR count). The molecule has 0 radical (unpaired) electrons. The standard InChI is InChI=1S/C27H34N2O6/c1-32-23-16-20(17-24(33-2)25(23)34-3)15-21-11-7-13-28(21)26(30)22-12-8-14-29(22)27(31)35-18-19-9-5-4-6-10-19/h4-6,9-10,16-17,21-22H,7-8,11-15,18H2,1-3H3/t21-,22?/m0/s1. The van der Waals surface area contributed by atoms with E-state index >= 15 is 0 Å². The van der Waals surface area contributed by atoms with E-state index in [2.05, 4.69) is 0 Å². The van der Waals surface area contributed by atoms with Crippen molar-refractivity contribution < 1.29 is 28.5 Å². The maximum absolute atomic E-state index is 13.6. The lowest BCUT2D eigenvalue weighted by molar-refractivity contribution is -0.136. The third-order valence-corrected chi connectivity index (χ3v) is 6.83. The van der Waals surface area contributed by atoms with Gasteiger partial charge in [-0.25, -0.2) is 4.79 Å². The van der Waals surface area contributed by atoms with E-state index in [4.69, 9.17) is 18.9 Å². The molecule has 2 heterocycles. The van der Waals surface area contributed by atoms with Gasteiger partial charge >= 0.3 is 6.09 Å². The van der Waals surface area contributed by atoms with Gasteiger partial charge in [-0.2, -0.15) is 0 Å². The number of benzene rings is 2. The van der Waals surface area contributed by atoms with Crippen LogP contribution in [-0.4, -0.2) is 68.3 Å². The summed E-state index contributed by atoms with van der Waals surface area (Å²) in [6.45, 7) is 1.43. The molecule has 0 spiro atoms. The number of carbonyl (C=O) groups excluding carboxylic acids is 2. The Morgan fingerprint density at radius 1 is 0.857 bits per heavy atom. The summed E-state index contributed by atoms with van der Waals surface area (Å²) in [5, 5.41) is 0. The molecule has 2 aliphatic rings. The Bertz CT molecular complexity index is 1000. The lowest BCUT2D eigenvalue weighted by Crippen LogP contribution is -2.49. The van der Waals surface area contributed by atoms with Gasteiger partial charge in [-0.15, -0.1) is 0 Å². The first-order valence-corrected chi connectivity index (χ1v) is 12.1. The largest absolute Gasteiger partial charge is 0.493 e. The fraction of sp³-hybridized carbons (Fsp3) is 0.481. The number of likely N-dealkylation sites (tertiary alicyclic amines) is 2. The molecule has 2 atom stereocenters. The van der Waals surface area contributed by atoms with Gasteiger partial charge in [-0.3, -0.25) is 9.69 Å². The van der Waals surface area contributed by atoms with E-state index in [1.165, 1.54) is 0 Å². The van der Waals surface area contributed by atoms with Crippen molar-refractivity contribution in [3.05, 3.63) is 53.6 Å². The van der Waals surface area contributed by atoms with Crippen LogP contribution in [-0.2, 0) is 22.6 Å². The Balaban J connectivity index is 1.43. The minimum absolute atomic E-state index is 0.00843. The molecular weight excluding hydrogens is 448 g/mol. The molecule has 2 aromatic rings. The molecule has 8 heteroatoms. The average Bonchev–Trinajstić information content (AvgIpc) is 3.57. The molecule has 35 heavy (non-hydrogen) atoms. The fourth-order valence-corrected chi connectivity index (χ4v) is 5.10. The predicted molar refractivity (Wildman–Crippen MR) is 131 cm³/mol. The van der Waals surface area contributed by atoms with Crippen LogP contribution >= 0.6 is 0 Å². The van der Waals surface area contributed by atoms with Crippen molar-refractivity contribution in [2.75, 3.05) is 34.4 Å². The maximum atomic E-state index is 13.6. The summed E-state index contributed by atoms with van der Waals surface area (Å²) in [4.78, 5) is 29.9. The SMILES string of the molecule is COc1cc(C[C@@H]2CCCN2C(=O)C2CCCN2C(=O)OCc2ccccc2)cc(OC)c1OC. The number of amides is 2.